The maximum atomic E-state index is 12.3. The van der Waals surface area contributed by atoms with Crippen LogP contribution in [-0.2, 0) is 4.74 Å². The first-order valence-electron chi connectivity index (χ1n) is 8.81. The Hall–Kier alpha value is -3.00. The number of hydrogen-bond donors (Lipinski definition) is 1. The van der Waals surface area contributed by atoms with Crippen molar-refractivity contribution < 1.29 is 18.7 Å². The third kappa shape index (κ3) is 3.48. The number of anilines is 1. The molecule has 8 nitrogen and oxygen atoms in total. The lowest BCUT2D eigenvalue weighted by Crippen LogP contribution is -2.15. The number of carbonyl (C=O) groups excluding carboxylic acids is 1. The fourth-order valence-corrected chi connectivity index (χ4v) is 3.30. The van der Waals surface area contributed by atoms with Crippen molar-refractivity contribution in [1.82, 2.24) is 15.0 Å². The van der Waals surface area contributed by atoms with E-state index in [0.717, 1.165) is 37.1 Å². The summed E-state index contributed by atoms with van der Waals surface area (Å²) in [7, 11) is 1.59. The summed E-state index contributed by atoms with van der Waals surface area (Å²) in [6.45, 7) is 3.17. The van der Waals surface area contributed by atoms with Gasteiger partial charge in [-0.1, -0.05) is 6.07 Å². The molecular formula is C19H20N4O4. The van der Waals surface area contributed by atoms with Gasteiger partial charge in [-0.15, -0.1) is 0 Å². The van der Waals surface area contributed by atoms with E-state index >= 15 is 0 Å². The fourth-order valence-electron chi connectivity index (χ4n) is 3.30. The lowest BCUT2D eigenvalue weighted by molar-refractivity contribution is 0.0855. The molecule has 1 aliphatic heterocycles. The standard InChI is InChI=1S/C19H20N4O4/c1-11-20-9-15(27-11)19(24)23-16-10-21-17-13(12-5-7-26-8-6-12)3-4-14(25-2)18(17)22-16/h3-4,9-10,12H,5-8H2,1-2H3,(H,22,23,24). The molecule has 2 aromatic heterocycles. The lowest BCUT2D eigenvalue weighted by atomic mass is 9.90. The maximum Gasteiger partial charge on any atom is 0.294 e. The number of aromatic nitrogens is 3. The molecule has 0 spiro atoms. The number of nitrogens with one attached hydrogen (secondary N) is 1. The van der Waals surface area contributed by atoms with Gasteiger partial charge in [0.05, 0.1) is 25.0 Å². The third-order valence-corrected chi connectivity index (χ3v) is 4.66. The Morgan fingerprint density at radius 3 is 2.70 bits per heavy atom. The second kappa shape index (κ2) is 7.32. The van der Waals surface area contributed by atoms with Crippen molar-refractivity contribution >= 4 is 22.8 Å². The highest BCUT2D eigenvalue weighted by molar-refractivity contribution is 6.02. The molecule has 1 aliphatic rings. The second-order valence-electron chi connectivity index (χ2n) is 6.39. The van der Waals surface area contributed by atoms with E-state index < -0.39 is 5.91 Å². The van der Waals surface area contributed by atoms with E-state index in [-0.39, 0.29) is 5.76 Å². The summed E-state index contributed by atoms with van der Waals surface area (Å²) in [5.74, 6) is 1.43. The molecule has 1 amide bonds. The van der Waals surface area contributed by atoms with Gasteiger partial charge in [-0.05, 0) is 30.4 Å². The molecule has 0 radical (unpaired) electrons. The van der Waals surface area contributed by atoms with Crippen LogP contribution >= 0.6 is 0 Å². The van der Waals surface area contributed by atoms with E-state index in [1.54, 1.807) is 20.2 Å². The summed E-state index contributed by atoms with van der Waals surface area (Å²) < 4.78 is 16.2. The second-order valence-corrected chi connectivity index (χ2v) is 6.39. The highest BCUT2D eigenvalue weighted by Crippen LogP contribution is 2.35. The Morgan fingerprint density at radius 2 is 2.00 bits per heavy atom. The molecule has 1 N–H and O–H groups in total. The first-order valence-corrected chi connectivity index (χ1v) is 8.81. The van der Waals surface area contributed by atoms with Gasteiger partial charge in [0.15, 0.2) is 11.7 Å². The molecule has 0 atom stereocenters. The average molecular weight is 368 g/mol. The number of aryl methyl sites for hydroxylation is 1. The summed E-state index contributed by atoms with van der Waals surface area (Å²) in [4.78, 5) is 25.3. The van der Waals surface area contributed by atoms with Gasteiger partial charge < -0.3 is 19.2 Å². The Labute approximate surface area is 155 Å². The van der Waals surface area contributed by atoms with E-state index in [1.165, 1.54) is 6.20 Å². The minimum Gasteiger partial charge on any atom is -0.494 e. The normalized spacial score (nSPS) is 15.0. The smallest absolute Gasteiger partial charge is 0.294 e. The van der Waals surface area contributed by atoms with Crippen molar-refractivity contribution in [3.05, 3.63) is 41.7 Å². The Balaban J connectivity index is 1.69. The predicted octanol–water partition coefficient (Wildman–Crippen LogP) is 3.08. The summed E-state index contributed by atoms with van der Waals surface area (Å²) in [6, 6.07) is 3.94. The number of ether oxygens (including phenoxy) is 2. The summed E-state index contributed by atoms with van der Waals surface area (Å²) in [5, 5.41) is 2.69. The minimum atomic E-state index is -0.427. The number of methoxy groups -OCH3 is 1. The van der Waals surface area contributed by atoms with Crippen LogP contribution in [-0.4, -0.2) is 41.2 Å². The van der Waals surface area contributed by atoms with Crippen LogP contribution in [0.25, 0.3) is 11.0 Å². The SMILES string of the molecule is COc1ccc(C2CCOCC2)c2ncc(NC(=O)c3cnc(C)o3)nc12. The van der Waals surface area contributed by atoms with Gasteiger partial charge in [0.1, 0.15) is 11.3 Å². The minimum absolute atomic E-state index is 0.123. The van der Waals surface area contributed by atoms with Crippen molar-refractivity contribution in [3.8, 4) is 5.75 Å². The summed E-state index contributed by atoms with van der Waals surface area (Å²) in [6.07, 6.45) is 4.83. The lowest BCUT2D eigenvalue weighted by Gasteiger charge is -2.23. The monoisotopic (exact) mass is 368 g/mol. The Morgan fingerprint density at radius 1 is 1.19 bits per heavy atom. The van der Waals surface area contributed by atoms with Gasteiger partial charge in [-0.2, -0.15) is 0 Å². The van der Waals surface area contributed by atoms with Crippen LogP contribution in [0.4, 0.5) is 5.82 Å². The van der Waals surface area contributed by atoms with Gasteiger partial charge in [-0.3, -0.25) is 9.78 Å². The number of benzene rings is 1. The number of hydrogen-bond acceptors (Lipinski definition) is 7. The van der Waals surface area contributed by atoms with E-state index in [9.17, 15) is 4.79 Å². The Bertz CT molecular complexity index is 979. The van der Waals surface area contributed by atoms with E-state index in [0.29, 0.717) is 28.9 Å². The number of nitrogens with zero attached hydrogens (tertiary/aromatic N) is 3. The number of amides is 1. The Kier molecular flexibility index (Phi) is 4.72. The maximum absolute atomic E-state index is 12.3. The number of carbonyl (C=O) groups is 1. The molecule has 27 heavy (non-hydrogen) atoms. The average Bonchev–Trinajstić information content (AvgIpc) is 3.14. The van der Waals surface area contributed by atoms with Gasteiger partial charge in [0.25, 0.3) is 5.91 Å². The molecule has 1 saturated heterocycles. The van der Waals surface area contributed by atoms with Crippen LogP contribution in [0.2, 0.25) is 0 Å². The molecule has 0 saturated carbocycles. The van der Waals surface area contributed by atoms with Crippen LogP contribution in [0.3, 0.4) is 0 Å². The van der Waals surface area contributed by atoms with Crippen LogP contribution in [0.15, 0.2) is 28.9 Å². The first-order chi connectivity index (χ1) is 13.2. The highest BCUT2D eigenvalue weighted by atomic mass is 16.5. The van der Waals surface area contributed by atoms with Crippen molar-refractivity contribution in [2.75, 3.05) is 25.6 Å². The fraction of sp³-hybridized carbons (Fsp3) is 0.368. The van der Waals surface area contributed by atoms with Crippen molar-refractivity contribution in [1.29, 1.82) is 0 Å². The van der Waals surface area contributed by atoms with E-state index in [2.05, 4.69) is 20.3 Å². The molecule has 1 fully saturated rings. The van der Waals surface area contributed by atoms with E-state index in [1.807, 2.05) is 12.1 Å². The zero-order chi connectivity index (χ0) is 18.8. The molecule has 3 aromatic rings. The molecule has 1 aromatic carbocycles. The highest BCUT2D eigenvalue weighted by Gasteiger charge is 2.21. The van der Waals surface area contributed by atoms with Gasteiger partial charge in [-0.25, -0.2) is 9.97 Å². The third-order valence-electron chi connectivity index (χ3n) is 4.66. The predicted molar refractivity (Wildman–Crippen MR) is 98.1 cm³/mol. The number of rotatable bonds is 4. The molecular weight excluding hydrogens is 348 g/mol. The zero-order valence-corrected chi connectivity index (χ0v) is 15.2. The van der Waals surface area contributed by atoms with Crippen LogP contribution < -0.4 is 10.1 Å². The van der Waals surface area contributed by atoms with Gasteiger partial charge in [0, 0.05) is 20.1 Å². The molecule has 4 rings (SSSR count). The molecule has 8 heteroatoms. The molecule has 0 unspecified atom stereocenters. The molecule has 0 bridgehead atoms. The van der Waals surface area contributed by atoms with Crippen molar-refractivity contribution in [2.45, 2.75) is 25.7 Å². The summed E-state index contributed by atoms with van der Waals surface area (Å²) >= 11 is 0. The topological polar surface area (TPSA) is 99.4 Å². The molecule has 140 valence electrons. The van der Waals surface area contributed by atoms with Crippen LogP contribution in [0, 0.1) is 6.92 Å². The quantitative estimate of drug-likeness (QED) is 0.755. The molecule has 0 aliphatic carbocycles. The van der Waals surface area contributed by atoms with Gasteiger partial charge >= 0.3 is 0 Å². The van der Waals surface area contributed by atoms with E-state index in [4.69, 9.17) is 13.9 Å². The zero-order valence-electron chi connectivity index (χ0n) is 15.2. The number of fused-ring (bicyclic) bond motifs is 1. The van der Waals surface area contributed by atoms with Crippen molar-refractivity contribution in [3.63, 3.8) is 0 Å². The van der Waals surface area contributed by atoms with Crippen LogP contribution in [0.5, 0.6) is 5.75 Å². The summed E-state index contributed by atoms with van der Waals surface area (Å²) in [5.41, 5.74) is 2.54. The molecule has 3 heterocycles. The number of oxazole rings is 1. The van der Waals surface area contributed by atoms with Crippen molar-refractivity contribution in [2.24, 2.45) is 0 Å². The first kappa shape index (κ1) is 17.4. The largest absolute Gasteiger partial charge is 0.494 e. The van der Waals surface area contributed by atoms with Crippen LogP contribution in [0.1, 0.15) is 40.8 Å². The van der Waals surface area contributed by atoms with Gasteiger partial charge in [0.2, 0.25) is 5.76 Å².